The highest BCUT2D eigenvalue weighted by molar-refractivity contribution is 6.04. The van der Waals surface area contributed by atoms with Gasteiger partial charge in [-0.3, -0.25) is 9.59 Å². The molecule has 0 bridgehead atoms. The zero-order valence-corrected chi connectivity index (χ0v) is 12.8. The van der Waals surface area contributed by atoms with Crippen LogP contribution in [0.4, 0.5) is 15.8 Å². The molecule has 1 aliphatic rings. The van der Waals surface area contributed by atoms with E-state index in [4.69, 9.17) is 0 Å². The van der Waals surface area contributed by atoms with E-state index in [9.17, 15) is 14.0 Å². The smallest absolute Gasteiger partial charge is 0.258 e. The minimum absolute atomic E-state index is 0.00842. The Balaban J connectivity index is 1.84. The van der Waals surface area contributed by atoms with Gasteiger partial charge in [-0.25, -0.2) is 4.39 Å². The second-order valence-electron chi connectivity index (χ2n) is 5.55. The van der Waals surface area contributed by atoms with Crippen LogP contribution < -0.4 is 10.2 Å². The molecule has 0 radical (unpaired) electrons. The van der Waals surface area contributed by atoms with E-state index < -0.39 is 11.7 Å². The molecule has 1 heterocycles. The molecule has 5 heteroatoms. The monoisotopic (exact) mass is 312 g/mol. The molecule has 4 nitrogen and oxygen atoms in total. The van der Waals surface area contributed by atoms with Crippen LogP contribution in [0.15, 0.2) is 42.5 Å². The second-order valence-corrected chi connectivity index (χ2v) is 5.55. The molecule has 1 N–H and O–H groups in total. The normalized spacial score (nSPS) is 13.4. The summed E-state index contributed by atoms with van der Waals surface area (Å²) < 4.78 is 13.7. The van der Waals surface area contributed by atoms with Crippen LogP contribution >= 0.6 is 0 Å². The SMILES string of the molecule is CC(=O)N1CCCc2cc(NC(=O)c3ccccc3F)ccc21. The molecule has 0 saturated heterocycles. The van der Waals surface area contributed by atoms with Gasteiger partial charge in [0.15, 0.2) is 0 Å². The summed E-state index contributed by atoms with van der Waals surface area (Å²) in [6.45, 7) is 2.26. The summed E-state index contributed by atoms with van der Waals surface area (Å²) >= 11 is 0. The highest BCUT2D eigenvalue weighted by Crippen LogP contribution is 2.30. The Morgan fingerprint density at radius 1 is 1.17 bits per heavy atom. The minimum atomic E-state index is -0.550. The molecule has 3 rings (SSSR count). The predicted octanol–water partition coefficient (Wildman–Crippen LogP) is 3.38. The fourth-order valence-corrected chi connectivity index (χ4v) is 2.85. The van der Waals surface area contributed by atoms with Crippen LogP contribution in [0.2, 0.25) is 0 Å². The molecule has 0 fully saturated rings. The maximum Gasteiger partial charge on any atom is 0.258 e. The van der Waals surface area contributed by atoms with E-state index in [0.717, 1.165) is 24.1 Å². The summed E-state index contributed by atoms with van der Waals surface area (Å²) in [6.07, 6.45) is 1.74. The van der Waals surface area contributed by atoms with Gasteiger partial charge < -0.3 is 10.2 Å². The number of nitrogens with one attached hydrogen (secondary N) is 1. The molecule has 23 heavy (non-hydrogen) atoms. The van der Waals surface area contributed by atoms with E-state index >= 15 is 0 Å². The van der Waals surface area contributed by atoms with Gasteiger partial charge in [-0.15, -0.1) is 0 Å². The Morgan fingerprint density at radius 3 is 2.70 bits per heavy atom. The zero-order valence-electron chi connectivity index (χ0n) is 12.8. The van der Waals surface area contributed by atoms with Gasteiger partial charge in [0, 0.05) is 24.8 Å². The molecule has 0 spiro atoms. The first-order valence-corrected chi connectivity index (χ1v) is 7.53. The maximum absolute atomic E-state index is 13.7. The second kappa shape index (κ2) is 6.20. The van der Waals surface area contributed by atoms with Gasteiger partial charge in [-0.05, 0) is 48.7 Å². The number of rotatable bonds is 2. The third-order valence-electron chi connectivity index (χ3n) is 3.95. The molecule has 0 unspecified atom stereocenters. The van der Waals surface area contributed by atoms with E-state index in [1.165, 1.54) is 12.1 Å². The van der Waals surface area contributed by atoms with Gasteiger partial charge >= 0.3 is 0 Å². The highest BCUT2D eigenvalue weighted by atomic mass is 19.1. The molecular formula is C18H17FN2O2. The lowest BCUT2D eigenvalue weighted by Gasteiger charge is -2.29. The lowest BCUT2D eigenvalue weighted by molar-refractivity contribution is -0.116. The molecule has 1 aliphatic heterocycles. The maximum atomic E-state index is 13.7. The van der Waals surface area contributed by atoms with Crippen LogP contribution in [0.25, 0.3) is 0 Å². The summed E-state index contributed by atoms with van der Waals surface area (Å²) in [5.41, 5.74) is 2.50. The van der Waals surface area contributed by atoms with Crippen molar-refractivity contribution in [1.82, 2.24) is 0 Å². The molecule has 118 valence electrons. The fraction of sp³-hybridized carbons (Fsp3) is 0.222. The van der Waals surface area contributed by atoms with Crippen molar-refractivity contribution in [3.8, 4) is 0 Å². The van der Waals surface area contributed by atoms with Crippen molar-refractivity contribution in [3.05, 3.63) is 59.4 Å². The number of carbonyl (C=O) groups excluding carboxylic acids is 2. The van der Waals surface area contributed by atoms with Gasteiger partial charge in [-0.2, -0.15) is 0 Å². The molecule has 0 saturated carbocycles. The third kappa shape index (κ3) is 3.08. The quantitative estimate of drug-likeness (QED) is 0.924. The summed E-state index contributed by atoms with van der Waals surface area (Å²) in [4.78, 5) is 25.6. The standard InChI is InChI=1S/C18H17FN2O2/c1-12(22)21-10-4-5-13-11-14(8-9-17(13)21)20-18(23)15-6-2-3-7-16(15)19/h2-3,6-9,11H,4-5,10H2,1H3,(H,20,23). The number of halogens is 1. The molecular weight excluding hydrogens is 295 g/mol. The largest absolute Gasteiger partial charge is 0.322 e. The van der Waals surface area contributed by atoms with Crippen LogP contribution in [-0.2, 0) is 11.2 Å². The van der Waals surface area contributed by atoms with Crippen LogP contribution in [0.1, 0.15) is 29.3 Å². The van der Waals surface area contributed by atoms with E-state index in [-0.39, 0.29) is 11.5 Å². The van der Waals surface area contributed by atoms with E-state index in [0.29, 0.717) is 12.2 Å². The van der Waals surface area contributed by atoms with E-state index in [2.05, 4.69) is 5.32 Å². The predicted molar refractivity (Wildman–Crippen MR) is 87.1 cm³/mol. The van der Waals surface area contributed by atoms with Gasteiger partial charge in [-0.1, -0.05) is 12.1 Å². The summed E-state index contributed by atoms with van der Waals surface area (Å²) in [7, 11) is 0. The van der Waals surface area contributed by atoms with Crippen molar-refractivity contribution >= 4 is 23.2 Å². The van der Waals surface area contributed by atoms with Gasteiger partial charge in [0.25, 0.3) is 5.91 Å². The Bertz CT molecular complexity index is 773. The molecule has 0 aliphatic carbocycles. The average Bonchev–Trinajstić information content (AvgIpc) is 2.54. The first-order valence-electron chi connectivity index (χ1n) is 7.53. The number of fused-ring (bicyclic) bond motifs is 1. The number of nitrogens with zero attached hydrogens (tertiary/aromatic N) is 1. The van der Waals surface area contributed by atoms with Crippen LogP contribution in [-0.4, -0.2) is 18.4 Å². The summed E-state index contributed by atoms with van der Waals surface area (Å²) in [6, 6.07) is 11.3. The van der Waals surface area contributed by atoms with Crippen molar-refractivity contribution in [2.45, 2.75) is 19.8 Å². The number of anilines is 2. The Hall–Kier alpha value is -2.69. The highest BCUT2D eigenvalue weighted by Gasteiger charge is 2.20. The van der Waals surface area contributed by atoms with Crippen molar-refractivity contribution in [2.24, 2.45) is 0 Å². The summed E-state index contributed by atoms with van der Waals surface area (Å²) in [5.74, 6) is -1.03. The van der Waals surface area contributed by atoms with Crippen LogP contribution in [0.5, 0.6) is 0 Å². The first-order chi connectivity index (χ1) is 11.1. The van der Waals surface area contributed by atoms with Crippen molar-refractivity contribution < 1.29 is 14.0 Å². The summed E-state index contributed by atoms with van der Waals surface area (Å²) in [5, 5.41) is 2.71. The number of benzene rings is 2. The van der Waals surface area contributed by atoms with Crippen molar-refractivity contribution in [2.75, 3.05) is 16.8 Å². The van der Waals surface area contributed by atoms with Crippen LogP contribution in [0.3, 0.4) is 0 Å². The lowest BCUT2D eigenvalue weighted by atomic mass is 10.0. The topological polar surface area (TPSA) is 49.4 Å². The van der Waals surface area contributed by atoms with E-state index in [1.807, 2.05) is 12.1 Å². The third-order valence-corrected chi connectivity index (χ3v) is 3.95. The zero-order chi connectivity index (χ0) is 16.4. The molecule has 0 atom stereocenters. The average molecular weight is 312 g/mol. The van der Waals surface area contributed by atoms with Gasteiger partial charge in [0.05, 0.1) is 5.56 Å². The molecule has 2 aromatic rings. The number of hydrogen-bond donors (Lipinski definition) is 1. The Labute approximate surface area is 133 Å². The van der Waals surface area contributed by atoms with Crippen molar-refractivity contribution in [3.63, 3.8) is 0 Å². The first kappa shape index (κ1) is 15.2. The molecule has 0 aromatic heterocycles. The Morgan fingerprint density at radius 2 is 1.96 bits per heavy atom. The lowest BCUT2D eigenvalue weighted by Crippen LogP contribution is -2.33. The van der Waals surface area contributed by atoms with Crippen molar-refractivity contribution in [1.29, 1.82) is 0 Å². The molecule has 2 aromatic carbocycles. The van der Waals surface area contributed by atoms with Crippen LogP contribution in [0, 0.1) is 5.82 Å². The number of carbonyl (C=O) groups is 2. The van der Waals surface area contributed by atoms with E-state index in [1.54, 1.807) is 30.0 Å². The van der Waals surface area contributed by atoms with Gasteiger partial charge in [0.2, 0.25) is 5.91 Å². The molecule has 2 amide bonds. The number of amides is 2. The Kier molecular flexibility index (Phi) is 4.10. The minimum Gasteiger partial charge on any atom is -0.322 e. The fourth-order valence-electron chi connectivity index (χ4n) is 2.85. The van der Waals surface area contributed by atoms with Gasteiger partial charge in [0.1, 0.15) is 5.82 Å². The number of hydrogen-bond acceptors (Lipinski definition) is 2. The number of aryl methyl sites for hydroxylation is 1.